The van der Waals surface area contributed by atoms with Gasteiger partial charge in [0.15, 0.2) is 6.10 Å². The first-order chi connectivity index (χ1) is 7.11. The average molecular weight is 203 g/mol. The third-order valence-electron chi connectivity index (χ3n) is 1.87. The molecule has 0 spiro atoms. The maximum atomic E-state index is 10.8. The van der Waals surface area contributed by atoms with Crippen molar-refractivity contribution in [1.29, 1.82) is 5.26 Å². The van der Waals surface area contributed by atoms with Crippen molar-refractivity contribution in [1.82, 2.24) is 0 Å². The van der Waals surface area contributed by atoms with Crippen molar-refractivity contribution in [2.45, 2.75) is 26.4 Å². The van der Waals surface area contributed by atoms with Gasteiger partial charge < -0.3 is 4.74 Å². The number of nitrogens with zero attached hydrogens (tertiary/aromatic N) is 1. The number of hydrogen-bond acceptors (Lipinski definition) is 3. The van der Waals surface area contributed by atoms with Gasteiger partial charge in [-0.15, -0.1) is 0 Å². The largest absolute Gasteiger partial charge is 0.476 e. The second-order valence-electron chi connectivity index (χ2n) is 3.41. The molecule has 0 amide bonds. The van der Waals surface area contributed by atoms with Crippen LogP contribution in [0.3, 0.4) is 0 Å². The van der Waals surface area contributed by atoms with E-state index in [9.17, 15) is 4.79 Å². The number of benzene rings is 1. The first kappa shape index (κ1) is 11.3. The Morgan fingerprint density at radius 1 is 1.47 bits per heavy atom. The van der Waals surface area contributed by atoms with Crippen LogP contribution < -0.4 is 4.74 Å². The highest BCUT2D eigenvalue weighted by Crippen LogP contribution is 2.14. The predicted octanol–water partition coefficient (Wildman–Crippen LogP) is 2.11. The van der Waals surface area contributed by atoms with Crippen LogP contribution in [0.25, 0.3) is 0 Å². The maximum Gasteiger partial charge on any atom is 0.181 e. The quantitative estimate of drug-likeness (QED) is 0.753. The number of ether oxygens (including phenoxy) is 1. The second kappa shape index (κ2) is 5.16. The van der Waals surface area contributed by atoms with Gasteiger partial charge in [-0.25, -0.2) is 0 Å². The number of carbonyl (C=O) groups excluding carboxylic acids is 1. The smallest absolute Gasteiger partial charge is 0.181 e. The molecule has 0 aliphatic heterocycles. The standard InChI is InChI=1S/C12H13NO2/c1-9(14)7-11-3-5-12(6-4-11)15-10(2)8-13/h3-6,10H,7H2,1-2H3. The van der Waals surface area contributed by atoms with Crippen LogP contribution in [0, 0.1) is 11.3 Å². The summed E-state index contributed by atoms with van der Waals surface area (Å²) in [5.74, 6) is 0.783. The molecule has 1 unspecified atom stereocenters. The third-order valence-corrected chi connectivity index (χ3v) is 1.87. The Balaban J connectivity index is 2.65. The van der Waals surface area contributed by atoms with Gasteiger partial charge in [-0.1, -0.05) is 12.1 Å². The molecule has 0 heterocycles. The van der Waals surface area contributed by atoms with E-state index in [0.717, 1.165) is 5.56 Å². The van der Waals surface area contributed by atoms with Gasteiger partial charge in [0.2, 0.25) is 0 Å². The molecule has 1 aromatic carbocycles. The van der Waals surface area contributed by atoms with Crippen molar-refractivity contribution in [3.63, 3.8) is 0 Å². The lowest BCUT2D eigenvalue weighted by molar-refractivity contribution is -0.116. The summed E-state index contributed by atoms with van der Waals surface area (Å²) >= 11 is 0. The number of Topliss-reactive ketones (excluding diaryl/α,β-unsaturated/α-hetero) is 1. The summed E-state index contributed by atoms with van der Waals surface area (Å²) < 4.78 is 5.28. The highest BCUT2D eigenvalue weighted by molar-refractivity contribution is 5.78. The minimum atomic E-state index is -0.455. The fourth-order valence-electron chi connectivity index (χ4n) is 1.20. The Morgan fingerprint density at radius 3 is 2.53 bits per heavy atom. The monoisotopic (exact) mass is 203 g/mol. The number of rotatable bonds is 4. The van der Waals surface area contributed by atoms with Crippen LogP contribution in [0.4, 0.5) is 0 Å². The molecule has 0 bridgehead atoms. The van der Waals surface area contributed by atoms with Crippen molar-refractivity contribution < 1.29 is 9.53 Å². The Labute approximate surface area is 89.3 Å². The summed E-state index contributed by atoms with van der Waals surface area (Å²) in [5, 5.41) is 8.55. The summed E-state index contributed by atoms with van der Waals surface area (Å²) in [6, 6.07) is 9.19. The minimum absolute atomic E-state index is 0.133. The average Bonchev–Trinajstić information content (AvgIpc) is 2.20. The zero-order valence-electron chi connectivity index (χ0n) is 8.86. The van der Waals surface area contributed by atoms with Gasteiger partial charge in [0.05, 0.1) is 0 Å². The zero-order valence-corrected chi connectivity index (χ0v) is 8.86. The van der Waals surface area contributed by atoms with Gasteiger partial charge in [-0.05, 0) is 31.5 Å². The van der Waals surface area contributed by atoms with Crippen LogP contribution in [0.2, 0.25) is 0 Å². The van der Waals surface area contributed by atoms with Crippen LogP contribution in [0.1, 0.15) is 19.4 Å². The highest BCUT2D eigenvalue weighted by Gasteiger charge is 2.02. The molecule has 0 aliphatic carbocycles. The van der Waals surface area contributed by atoms with E-state index in [1.54, 1.807) is 26.0 Å². The molecule has 0 radical (unpaired) electrons. The molecule has 0 saturated carbocycles. The van der Waals surface area contributed by atoms with Crippen molar-refractivity contribution in [2.24, 2.45) is 0 Å². The van der Waals surface area contributed by atoms with Crippen LogP contribution in [0.5, 0.6) is 5.75 Å². The summed E-state index contributed by atoms with van der Waals surface area (Å²) in [7, 11) is 0. The lowest BCUT2D eigenvalue weighted by Crippen LogP contribution is -2.08. The van der Waals surface area contributed by atoms with Gasteiger partial charge in [0.1, 0.15) is 17.6 Å². The SMILES string of the molecule is CC(=O)Cc1ccc(OC(C)C#N)cc1. The van der Waals surface area contributed by atoms with Crippen molar-refractivity contribution >= 4 is 5.78 Å². The molecule has 0 fully saturated rings. The number of ketones is 1. The first-order valence-corrected chi connectivity index (χ1v) is 4.76. The van der Waals surface area contributed by atoms with Gasteiger partial charge in [-0.3, -0.25) is 4.79 Å². The van der Waals surface area contributed by atoms with E-state index < -0.39 is 6.10 Å². The normalized spacial score (nSPS) is 11.5. The van der Waals surface area contributed by atoms with Crippen LogP contribution in [-0.4, -0.2) is 11.9 Å². The first-order valence-electron chi connectivity index (χ1n) is 4.76. The molecule has 1 rings (SSSR count). The van der Waals surface area contributed by atoms with E-state index in [4.69, 9.17) is 10.00 Å². The molecule has 15 heavy (non-hydrogen) atoms. The molecule has 3 nitrogen and oxygen atoms in total. The molecule has 1 aromatic rings. The summed E-state index contributed by atoms with van der Waals surface area (Å²) in [4.78, 5) is 10.8. The Kier molecular flexibility index (Phi) is 3.87. The van der Waals surface area contributed by atoms with Gasteiger partial charge in [-0.2, -0.15) is 5.26 Å². The highest BCUT2D eigenvalue weighted by atomic mass is 16.5. The Morgan fingerprint density at radius 2 is 2.07 bits per heavy atom. The molecule has 1 atom stereocenters. The van der Waals surface area contributed by atoms with E-state index in [2.05, 4.69) is 0 Å². The van der Waals surface area contributed by atoms with Crippen molar-refractivity contribution in [2.75, 3.05) is 0 Å². The number of carbonyl (C=O) groups is 1. The molecule has 0 aliphatic rings. The topological polar surface area (TPSA) is 50.1 Å². The van der Waals surface area contributed by atoms with Crippen LogP contribution in [0.15, 0.2) is 24.3 Å². The fourth-order valence-corrected chi connectivity index (χ4v) is 1.20. The molecular formula is C12H13NO2. The van der Waals surface area contributed by atoms with Gasteiger partial charge in [0.25, 0.3) is 0 Å². The zero-order chi connectivity index (χ0) is 11.3. The van der Waals surface area contributed by atoms with E-state index in [-0.39, 0.29) is 5.78 Å². The Hall–Kier alpha value is -1.82. The molecule has 0 saturated heterocycles. The lowest BCUT2D eigenvalue weighted by atomic mass is 10.1. The molecule has 3 heteroatoms. The van der Waals surface area contributed by atoms with E-state index in [1.165, 1.54) is 0 Å². The number of nitriles is 1. The minimum Gasteiger partial charge on any atom is -0.476 e. The Bertz CT molecular complexity index is 376. The predicted molar refractivity (Wildman–Crippen MR) is 56.5 cm³/mol. The van der Waals surface area contributed by atoms with Crippen LogP contribution >= 0.6 is 0 Å². The summed E-state index contributed by atoms with van der Waals surface area (Å²) in [5.41, 5.74) is 0.958. The van der Waals surface area contributed by atoms with E-state index in [0.29, 0.717) is 12.2 Å². The summed E-state index contributed by atoms with van der Waals surface area (Å²) in [6.45, 7) is 3.24. The molecule has 0 aromatic heterocycles. The van der Waals surface area contributed by atoms with Gasteiger partial charge in [0, 0.05) is 6.42 Å². The molecule has 78 valence electrons. The summed E-state index contributed by atoms with van der Waals surface area (Å²) in [6.07, 6.45) is -0.0164. The van der Waals surface area contributed by atoms with Crippen LogP contribution in [-0.2, 0) is 11.2 Å². The van der Waals surface area contributed by atoms with Gasteiger partial charge >= 0.3 is 0 Å². The van der Waals surface area contributed by atoms with Crippen molar-refractivity contribution in [3.05, 3.63) is 29.8 Å². The molecule has 0 N–H and O–H groups in total. The second-order valence-corrected chi connectivity index (χ2v) is 3.41. The maximum absolute atomic E-state index is 10.8. The van der Waals surface area contributed by atoms with E-state index >= 15 is 0 Å². The third kappa shape index (κ3) is 3.82. The van der Waals surface area contributed by atoms with Crippen molar-refractivity contribution in [3.8, 4) is 11.8 Å². The lowest BCUT2D eigenvalue weighted by Gasteiger charge is -2.07. The van der Waals surface area contributed by atoms with E-state index in [1.807, 2.05) is 18.2 Å². The number of hydrogen-bond donors (Lipinski definition) is 0. The molecular weight excluding hydrogens is 190 g/mol. The fraction of sp³-hybridized carbons (Fsp3) is 0.333.